The average molecular weight is 298 g/mol. The van der Waals surface area contributed by atoms with Crippen molar-refractivity contribution in [3.63, 3.8) is 0 Å². The zero-order valence-electron chi connectivity index (χ0n) is 12.7. The minimum atomic E-state index is 0.399. The SMILES string of the molecule is SC(CCCCCCCc1ccccc1)c1ccccc1. The summed E-state index contributed by atoms with van der Waals surface area (Å²) in [7, 11) is 0. The van der Waals surface area contributed by atoms with Crippen molar-refractivity contribution in [2.24, 2.45) is 0 Å². The summed E-state index contributed by atoms with van der Waals surface area (Å²) in [6.45, 7) is 0. The van der Waals surface area contributed by atoms with Crippen LogP contribution in [0.2, 0.25) is 0 Å². The second-order valence-corrected chi connectivity index (χ2v) is 6.34. The molecule has 1 unspecified atom stereocenters. The van der Waals surface area contributed by atoms with Crippen LogP contribution in [0.5, 0.6) is 0 Å². The summed E-state index contributed by atoms with van der Waals surface area (Å²) in [5, 5.41) is 0.399. The van der Waals surface area contributed by atoms with E-state index in [4.69, 9.17) is 12.6 Å². The van der Waals surface area contributed by atoms with E-state index < -0.39 is 0 Å². The number of unbranched alkanes of at least 4 members (excludes halogenated alkanes) is 4. The van der Waals surface area contributed by atoms with Gasteiger partial charge in [-0.2, -0.15) is 12.6 Å². The molecule has 0 saturated carbocycles. The van der Waals surface area contributed by atoms with Gasteiger partial charge in [-0.1, -0.05) is 86.3 Å². The molecule has 21 heavy (non-hydrogen) atoms. The third kappa shape index (κ3) is 6.39. The van der Waals surface area contributed by atoms with E-state index in [9.17, 15) is 0 Å². The summed E-state index contributed by atoms with van der Waals surface area (Å²) in [5.74, 6) is 0. The standard InChI is InChI=1S/C20H26S/c21-20(19-15-9-5-10-16-19)17-11-3-1-2-6-12-18-13-7-4-8-14-18/h4-5,7-10,13-16,20-21H,1-3,6,11-12,17H2. The molecule has 0 fully saturated rings. The average Bonchev–Trinajstić information content (AvgIpc) is 2.55. The highest BCUT2D eigenvalue weighted by molar-refractivity contribution is 7.80. The molecule has 0 radical (unpaired) electrons. The van der Waals surface area contributed by atoms with Crippen molar-refractivity contribution in [2.45, 2.75) is 50.2 Å². The maximum Gasteiger partial charge on any atom is 0.0267 e. The molecule has 2 aromatic carbocycles. The topological polar surface area (TPSA) is 0 Å². The van der Waals surface area contributed by atoms with Crippen molar-refractivity contribution in [1.29, 1.82) is 0 Å². The van der Waals surface area contributed by atoms with Gasteiger partial charge in [-0.05, 0) is 30.4 Å². The Morgan fingerprint density at radius 2 is 1.24 bits per heavy atom. The lowest BCUT2D eigenvalue weighted by Crippen LogP contribution is -1.91. The van der Waals surface area contributed by atoms with Gasteiger partial charge in [0.05, 0.1) is 0 Å². The van der Waals surface area contributed by atoms with Crippen LogP contribution in [0.15, 0.2) is 60.7 Å². The van der Waals surface area contributed by atoms with Crippen LogP contribution in [-0.2, 0) is 6.42 Å². The molecule has 0 heterocycles. The van der Waals surface area contributed by atoms with Crippen molar-refractivity contribution in [2.75, 3.05) is 0 Å². The Morgan fingerprint density at radius 3 is 1.95 bits per heavy atom. The van der Waals surface area contributed by atoms with Crippen LogP contribution in [0, 0.1) is 0 Å². The Balaban J connectivity index is 1.50. The third-order valence-corrected chi connectivity index (χ3v) is 4.53. The van der Waals surface area contributed by atoms with Crippen molar-refractivity contribution < 1.29 is 0 Å². The minimum absolute atomic E-state index is 0.399. The molecule has 0 N–H and O–H groups in total. The van der Waals surface area contributed by atoms with E-state index in [-0.39, 0.29) is 0 Å². The van der Waals surface area contributed by atoms with Gasteiger partial charge in [0.2, 0.25) is 0 Å². The highest BCUT2D eigenvalue weighted by Gasteiger charge is 2.04. The van der Waals surface area contributed by atoms with E-state index in [1.807, 2.05) is 0 Å². The zero-order valence-corrected chi connectivity index (χ0v) is 13.6. The van der Waals surface area contributed by atoms with Crippen LogP contribution in [0.3, 0.4) is 0 Å². The van der Waals surface area contributed by atoms with Crippen molar-refractivity contribution in [1.82, 2.24) is 0 Å². The molecule has 0 aliphatic carbocycles. The summed E-state index contributed by atoms with van der Waals surface area (Å²) in [4.78, 5) is 0. The van der Waals surface area contributed by atoms with Crippen LogP contribution in [-0.4, -0.2) is 0 Å². The molecule has 1 heteroatoms. The molecule has 0 aromatic heterocycles. The fourth-order valence-corrected chi connectivity index (χ4v) is 3.04. The van der Waals surface area contributed by atoms with Gasteiger partial charge >= 0.3 is 0 Å². The Kier molecular flexibility index (Phi) is 7.45. The van der Waals surface area contributed by atoms with Gasteiger partial charge < -0.3 is 0 Å². The molecule has 0 saturated heterocycles. The molecule has 0 spiro atoms. The predicted octanol–water partition coefficient (Wildman–Crippen LogP) is 6.24. The molecule has 0 nitrogen and oxygen atoms in total. The predicted molar refractivity (Wildman–Crippen MR) is 96.0 cm³/mol. The van der Waals surface area contributed by atoms with Gasteiger partial charge in [0.25, 0.3) is 0 Å². The first-order chi connectivity index (χ1) is 10.4. The van der Waals surface area contributed by atoms with E-state index in [1.165, 1.54) is 56.1 Å². The molecule has 1 atom stereocenters. The van der Waals surface area contributed by atoms with Crippen molar-refractivity contribution in [3.8, 4) is 0 Å². The van der Waals surface area contributed by atoms with Crippen molar-refractivity contribution in [3.05, 3.63) is 71.8 Å². The lowest BCUT2D eigenvalue weighted by molar-refractivity contribution is 0.591. The van der Waals surface area contributed by atoms with Crippen LogP contribution >= 0.6 is 12.6 Å². The second kappa shape index (κ2) is 9.68. The molecule has 2 rings (SSSR count). The summed E-state index contributed by atoms with van der Waals surface area (Å²) in [6, 6.07) is 21.4. The van der Waals surface area contributed by atoms with E-state index >= 15 is 0 Å². The van der Waals surface area contributed by atoms with Crippen LogP contribution in [0.25, 0.3) is 0 Å². The van der Waals surface area contributed by atoms with E-state index in [2.05, 4.69) is 60.7 Å². The lowest BCUT2D eigenvalue weighted by atomic mass is 10.0. The fraction of sp³-hybridized carbons (Fsp3) is 0.400. The molecule has 0 aliphatic rings. The van der Waals surface area contributed by atoms with Gasteiger partial charge in [-0.3, -0.25) is 0 Å². The molecule has 2 aromatic rings. The largest absolute Gasteiger partial charge is 0.171 e. The Hall–Kier alpha value is -1.21. The summed E-state index contributed by atoms with van der Waals surface area (Å²) >= 11 is 4.71. The molecule has 0 amide bonds. The molecular formula is C20H26S. The molecule has 0 bridgehead atoms. The zero-order chi connectivity index (χ0) is 14.8. The second-order valence-electron chi connectivity index (χ2n) is 5.72. The Labute approximate surface area is 135 Å². The monoisotopic (exact) mass is 298 g/mol. The number of aryl methyl sites for hydroxylation is 1. The van der Waals surface area contributed by atoms with Crippen LogP contribution in [0.1, 0.15) is 54.9 Å². The first-order valence-electron chi connectivity index (χ1n) is 8.13. The number of rotatable bonds is 9. The molecular weight excluding hydrogens is 272 g/mol. The number of hydrogen-bond donors (Lipinski definition) is 1. The maximum absolute atomic E-state index is 4.71. The number of benzene rings is 2. The van der Waals surface area contributed by atoms with Crippen molar-refractivity contribution >= 4 is 12.6 Å². The third-order valence-electron chi connectivity index (χ3n) is 3.97. The first-order valence-corrected chi connectivity index (χ1v) is 8.65. The fourth-order valence-electron chi connectivity index (χ4n) is 2.68. The number of thiol groups is 1. The van der Waals surface area contributed by atoms with E-state index in [0.29, 0.717) is 5.25 Å². The molecule has 112 valence electrons. The lowest BCUT2D eigenvalue weighted by Gasteiger charge is -2.10. The van der Waals surface area contributed by atoms with Gasteiger partial charge in [0, 0.05) is 5.25 Å². The molecule has 0 aliphatic heterocycles. The summed E-state index contributed by atoms with van der Waals surface area (Å²) in [6.07, 6.45) is 9.03. The van der Waals surface area contributed by atoms with Gasteiger partial charge in [0.15, 0.2) is 0 Å². The first kappa shape index (κ1) is 16.2. The van der Waals surface area contributed by atoms with E-state index in [0.717, 1.165) is 0 Å². The van der Waals surface area contributed by atoms with Crippen LogP contribution in [0.4, 0.5) is 0 Å². The quantitative estimate of drug-likeness (QED) is 0.411. The normalized spacial score (nSPS) is 12.2. The Bertz CT molecular complexity index is 478. The minimum Gasteiger partial charge on any atom is -0.171 e. The van der Waals surface area contributed by atoms with Gasteiger partial charge in [0.1, 0.15) is 0 Å². The summed E-state index contributed by atoms with van der Waals surface area (Å²) in [5.41, 5.74) is 2.82. The maximum atomic E-state index is 4.71. The van der Waals surface area contributed by atoms with Crippen LogP contribution < -0.4 is 0 Å². The summed E-state index contributed by atoms with van der Waals surface area (Å²) < 4.78 is 0. The highest BCUT2D eigenvalue weighted by atomic mass is 32.1. The van der Waals surface area contributed by atoms with Gasteiger partial charge in [-0.15, -0.1) is 0 Å². The smallest absolute Gasteiger partial charge is 0.0267 e. The van der Waals surface area contributed by atoms with E-state index in [1.54, 1.807) is 0 Å². The Morgan fingerprint density at radius 1 is 0.667 bits per heavy atom. The number of hydrogen-bond acceptors (Lipinski definition) is 1. The highest BCUT2D eigenvalue weighted by Crippen LogP contribution is 2.25. The van der Waals surface area contributed by atoms with Gasteiger partial charge in [-0.25, -0.2) is 0 Å².